The summed E-state index contributed by atoms with van der Waals surface area (Å²) < 4.78 is 33.2. The quantitative estimate of drug-likeness (QED) is 0.583. The lowest BCUT2D eigenvalue weighted by Crippen LogP contribution is -2.34. The summed E-state index contributed by atoms with van der Waals surface area (Å²) in [6, 6.07) is 14.0. The van der Waals surface area contributed by atoms with E-state index in [1.165, 1.54) is 3.97 Å². The average molecular weight is 454 g/mol. The smallest absolute Gasteiger partial charge is 0.311 e. The first-order valence-corrected chi connectivity index (χ1v) is 12.2. The number of carbonyl (C=O) groups excluding carboxylic acids is 1. The van der Waals surface area contributed by atoms with Crippen LogP contribution in [0.1, 0.15) is 37.3 Å². The molecule has 4 rings (SSSR count). The molecule has 2 aromatic carbocycles. The molecular weight excluding hydrogens is 426 g/mol. The average Bonchev–Trinajstić information content (AvgIpc) is 3.15. The molecule has 0 bridgehead atoms. The molecule has 1 heterocycles. The Hall–Kier alpha value is -2.90. The number of rotatable bonds is 5. The summed E-state index contributed by atoms with van der Waals surface area (Å²) in [5.41, 5.74) is 2.95. The highest BCUT2D eigenvalue weighted by Crippen LogP contribution is 2.34. The molecule has 32 heavy (non-hydrogen) atoms. The number of hydrogen-bond acceptors (Lipinski definition) is 5. The fraction of sp³-hybridized carbons (Fsp3) is 0.320. The Morgan fingerprint density at radius 3 is 2.62 bits per heavy atom. The highest BCUT2D eigenvalue weighted by Gasteiger charge is 2.34. The number of hydrogen-bond donors (Lipinski definition) is 1. The highest BCUT2D eigenvalue weighted by atomic mass is 32.2. The van der Waals surface area contributed by atoms with Crippen LogP contribution < -0.4 is 0 Å². The number of fused-ring (bicyclic) bond motifs is 1. The summed E-state index contributed by atoms with van der Waals surface area (Å²) in [6.45, 7) is 3.92. The number of nitrogens with zero attached hydrogens (tertiary/aromatic N) is 1. The summed E-state index contributed by atoms with van der Waals surface area (Å²) >= 11 is 0. The van der Waals surface area contributed by atoms with Gasteiger partial charge in [0.05, 0.1) is 29.0 Å². The predicted octanol–water partition coefficient (Wildman–Crippen LogP) is 4.29. The van der Waals surface area contributed by atoms with E-state index in [2.05, 4.69) is 0 Å². The van der Waals surface area contributed by atoms with E-state index in [4.69, 9.17) is 4.74 Å². The molecule has 0 radical (unpaired) electrons. The molecule has 3 aromatic rings. The van der Waals surface area contributed by atoms with Crippen LogP contribution in [0.25, 0.3) is 17.0 Å². The van der Waals surface area contributed by atoms with Gasteiger partial charge in [0, 0.05) is 17.1 Å². The summed E-state index contributed by atoms with van der Waals surface area (Å²) in [7, 11) is -3.80. The molecule has 1 N–H and O–H groups in total. The lowest BCUT2D eigenvalue weighted by molar-refractivity contribution is -0.152. The third-order valence-corrected chi connectivity index (χ3v) is 7.65. The fourth-order valence-corrected chi connectivity index (χ4v) is 5.63. The molecule has 1 saturated carbocycles. The molecule has 7 heteroatoms. The molecule has 168 valence electrons. The summed E-state index contributed by atoms with van der Waals surface area (Å²) in [6.07, 6.45) is 4.43. The molecule has 0 aliphatic heterocycles. The summed E-state index contributed by atoms with van der Waals surface area (Å²) in [4.78, 5) is 12.5. The zero-order valence-corrected chi connectivity index (χ0v) is 19.0. The molecule has 1 fully saturated rings. The van der Waals surface area contributed by atoms with Gasteiger partial charge in [-0.1, -0.05) is 42.0 Å². The number of aryl methyl sites for hydroxylation is 1. The Morgan fingerprint density at radius 2 is 1.91 bits per heavy atom. The van der Waals surface area contributed by atoms with Crippen LogP contribution >= 0.6 is 0 Å². The van der Waals surface area contributed by atoms with E-state index < -0.39 is 28.0 Å². The van der Waals surface area contributed by atoms with Gasteiger partial charge in [-0.3, -0.25) is 4.79 Å². The Bertz CT molecular complexity index is 1270. The van der Waals surface area contributed by atoms with Crippen LogP contribution in [0.3, 0.4) is 0 Å². The third kappa shape index (κ3) is 4.10. The number of aromatic nitrogens is 1. The first-order valence-electron chi connectivity index (χ1n) is 10.8. The summed E-state index contributed by atoms with van der Waals surface area (Å²) in [5, 5.41) is 11.6. The second-order valence-electron chi connectivity index (χ2n) is 8.13. The lowest BCUT2D eigenvalue weighted by Gasteiger charge is -2.28. The Kier molecular flexibility index (Phi) is 6.22. The summed E-state index contributed by atoms with van der Waals surface area (Å²) in [5.74, 6) is -0.991. The van der Waals surface area contributed by atoms with Crippen molar-refractivity contribution in [2.45, 2.75) is 44.1 Å². The minimum atomic E-state index is -3.80. The van der Waals surface area contributed by atoms with E-state index in [9.17, 15) is 18.3 Å². The van der Waals surface area contributed by atoms with E-state index in [0.29, 0.717) is 29.5 Å². The Balaban J connectivity index is 1.78. The van der Waals surface area contributed by atoms with Crippen molar-refractivity contribution < 1.29 is 23.1 Å². The molecule has 1 aliphatic carbocycles. The van der Waals surface area contributed by atoms with Gasteiger partial charge in [-0.15, -0.1) is 0 Å². The van der Waals surface area contributed by atoms with Crippen LogP contribution in [0.15, 0.2) is 65.2 Å². The van der Waals surface area contributed by atoms with E-state index in [-0.39, 0.29) is 11.5 Å². The maximum absolute atomic E-state index is 13.4. The largest absolute Gasteiger partial charge is 0.466 e. The van der Waals surface area contributed by atoms with Gasteiger partial charge in [-0.05, 0) is 56.9 Å². The van der Waals surface area contributed by atoms with Crippen molar-refractivity contribution in [3.05, 3.63) is 71.4 Å². The number of aliphatic hydroxyl groups is 1. The number of benzene rings is 2. The maximum Gasteiger partial charge on any atom is 0.311 e. The van der Waals surface area contributed by atoms with E-state index in [1.54, 1.807) is 49.5 Å². The second kappa shape index (κ2) is 8.92. The van der Waals surface area contributed by atoms with Crippen LogP contribution in [0.2, 0.25) is 0 Å². The van der Waals surface area contributed by atoms with Crippen molar-refractivity contribution in [3.63, 3.8) is 0 Å². The SMILES string of the molecule is CCOC(=O)[C@H]1CCC/C(=C\c2cn(S(=O)(=O)c3ccc(C)cc3)c3ccccc23)[C@H]1O. The third-order valence-electron chi connectivity index (χ3n) is 5.96. The van der Waals surface area contributed by atoms with Gasteiger partial charge in [0.25, 0.3) is 10.0 Å². The monoisotopic (exact) mass is 453 g/mol. The van der Waals surface area contributed by atoms with Crippen LogP contribution in [0.5, 0.6) is 0 Å². The van der Waals surface area contributed by atoms with Gasteiger partial charge >= 0.3 is 5.97 Å². The van der Waals surface area contributed by atoms with Crippen LogP contribution in [-0.4, -0.2) is 36.2 Å². The molecule has 0 spiro atoms. The van der Waals surface area contributed by atoms with E-state index in [0.717, 1.165) is 17.4 Å². The lowest BCUT2D eigenvalue weighted by atomic mass is 9.82. The number of carbonyl (C=O) groups is 1. The number of esters is 1. The van der Waals surface area contributed by atoms with Gasteiger partial charge in [0.1, 0.15) is 0 Å². The van der Waals surface area contributed by atoms with Gasteiger partial charge in [0.2, 0.25) is 0 Å². The first-order chi connectivity index (χ1) is 15.3. The molecule has 6 nitrogen and oxygen atoms in total. The maximum atomic E-state index is 13.4. The van der Waals surface area contributed by atoms with Crippen LogP contribution in [-0.2, 0) is 19.6 Å². The van der Waals surface area contributed by atoms with Crippen molar-refractivity contribution in [3.8, 4) is 0 Å². The number of para-hydroxylation sites is 1. The van der Waals surface area contributed by atoms with Gasteiger partial charge in [-0.2, -0.15) is 0 Å². The number of aliphatic hydroxyl groups excluding tert-OH is 1. The van der Waals surface area contributed by atoms with Crippen LogP contribution in [0.4, 0.5) is 0 Å². The number of ether oxygens (including phenoxy) is 1. The van der Waals surface area contributed by atoms with Crippen molar-refractivity contribution in [1.29, 1.82) is 0 Å². The van der Waals surface area contributed by atoms with Crippen molar-refractivity contribution in [2.75, 3.05) is 6.61 Å². The second-order valence-corrected chi connectivity index (χ2v) is 9.95. The normalized spacial score (nSPS) is 20.5. The van der Waals surface area contributed by atoms with E-state index >= 15 is 0 Å². The standard InChI is InChI=1S/C25H27NO5S/c1-3-31-25(28)22-9-6-7-18(24(22)27)15-19-16-26(23-10-5-4-8-21(19)23)32(29,30)20-13-11-17(2)12-14-20/h4-5,8,10-16,22,24,27H,3,6-7,9H2,1-2H3/b18-15+/t22-,24+/m0/s1. The van der Waals surface area contributed by atoms with Gasteiger partial charge in [-0.25, -0.2) is 12.4 Å². The molecule has 1 aliphatic rings. The Morgan fingerprint density at radius 1 is 1.19 bits per heavy atom. The van der Waals surface area contributed by atoms with Crippen molar-refractivity contribution >= 4 is 33.0 Å². The Labute approximate surface area is 188 Å². The zero-order valence-electron chi connectivity index (χ0n) is 18.2. The highest BCUT2D eigenvalue weighted by molar-refractivity contribution is 7.90. The topological polar surface area (TPSA) is 85.6 Å². The fourth-order valence-electron chi connectivity index (χ4n) is 4.26. The molecular formula is C25H27NO5S. The minimum Gasteiger partial charge on any atom is -0.466 e. The predicted molar refractivity (Wildman–Crippen MR) is 124 cm³/mol. The van der Waals surface area contributed by atoms with Gasteiger partial charge in [0.15, 0.2) is 0 Å². The van der Waals surface area contributed by atoms with Crippen molar-refractivity contribution in [2.24, 2.45) is 5.92 Å². The molecule has 0 unspecified atom stereocenters. The van der Waals surface area contributed by atoms with Crippen molar-refractivity contribution in [1.82, 2.24) is 3.97 Å². The van der Waals surface area contributed by atoms with Gasteiger partial charge < -0.3 is 9.84 Å². The first kappa shape index (κ1) is 22.3. The minimum absolute atomic E-state index is 0.211. The zero-order chi connectivity index (χ0) is 22.9. The molecule has 2 atom stereocenters. The van der Waals surface area contributed by atoms with Crippen LogP contribution in [0, 0.1) is 12.8 Å². The molecule has 1 aromatic heterocycles. The molecule has 0 amide bonds. The molecule has 0 saturated heterocycles. The van der Waals surface area contributed by atoms with E-state index in [1.807, 2.05) is 25.1 Å².